The van der Waals surface area contributed by atoms with Gasteiger partial charge in [-0.25, -0.2) is 4.98 Å². The van der Waals surface area contributed by atoms with Crippen molar-refractivity contribution >= 4 is 22.8 Å². The lowest BCUT2D eigenvalue weighted by Gasteiger charge is -2.28. The number of hydrogen-bond acceptors (Lipinski definition) is 4. The SMILES string of the molecule is Cc1cc(N2CCc3ccsc3C2)nc(C)c1N. The number of nitrogen functional groups attached to an aromatic ring is 1. The van der Waals surface area contributed by atoms with E-state index in [-0.39, 0.29) is 0 Å². The minimum atomic E-state index is 0.813. The molecular formula is C14H17N3S. The Labute approximate surface area is 111 Å². The number of nitrogens with two attached hydrogens (primary N) is 1. The molecule has 18 heavy (non-hydrogen) atoms. The third-order valence-electron chi connectivity index (χ3n) is 3.59. The number of aromatic nitrogens is 1. The molecule has 3 heterocycles. The zero-order chi connectivity index (χ0) is 12.7. The lowest BCUT2D eigenvalue weighted by molar-refractivity contribution is 0.731. The third kappa shape index (κ3) is 1.86. The Hall–Kier alpha value is -1.55. The molecule has 2 aromatic rings. The molecule has 0 aromatic carbocycles. The number of fused-ring (bicyclic) bond motifs is 1. The van der Waals surface area contributed by atoms with Crippen molar-refractivity contribution in [2.45, 2.75) is 26.8 Å². The van der Waals surface area contributed by atoms with E-state index in [2.05, 4.69) is 27.4 Å². The molecule has 4 heteroatoms. The summed E-state index contributed by atoms with van der Waals surface area (Å²) in [5.41, 5.74) is 10.3. The van der Waals surface area contributed by atoms with Crippen molar-refractivity contribution in [3.8, 4) is 0 Å². The largest absolute Gasteiger partial charge is 0.397 e. The molecule has 1 aliphatic heterocycles. The fraction of sp³-hybridized carbons (Fsp3) is 0.357. The van der Waals surface area contributed by atoms with E-state index in [4.69, 9.17) is 5.73 Å². The second-order valence-corrected chi connectivity index (χ2v) is 5.84. The molecule has 0 radical (unpaired) electrons. The van der Waals surface area contributed by atoms with Crippen LogP contribution in [0.15, 0.2) is 17.5 Å². The van der Waals surface area contributed by atoms with E-state index in [0.29, 0.717) is 0 Å². The van der Waals surface area contributed by atoms with Crippen molar-refractivity contribution in [3.05, 3.63) is 39.2 Å². The van der Waals surface area contributed by atoms with Gasteiger partial charge in [-0.2, -0.15) is 0 Å². The highest BCUT2D eigenvalue weighted by atomic mass is 32.1. The van der Waals surface area contributed by atoms with Crippen molar-refractivity contribution in [2.24, 2.45) is 0 Å². The average molecular weight is 259 g/mol. The topological polar surface area (TPSA) is 42.2 Å². The van der Waals surface area contributed by atoms with Gasteiger partial charge in [0.05, 0.1) is 17.9 Å². The molecule has 2 aromatic heterocycles. The van der Waals surface area contributed by atoms with Crippen LogP contribution in [0.25, 0.3) is 0 Å². The minimum absolute atomic E-state index is 0.813. The molecule has 0 unspecified atom stereocenters. The molecule has 94 valence electrons. The van der Waals surface area contributed by atoms with Crippen molar-refractivity contribution in [1.82, 2.24) is 4.98 Å². The van der Waals surface area contributed by atoms with Gasteiger partial charge in [0, 0.05) is 11.4 Å². The highest BCUT2D eigenvalue weighted by Gasteiger charge is 2.19. The summed E-state index contributed by atoms with van der Waals surface area (Å²) in [6.07, 6.45) is 1.11. The molecule has 0 saturated carbocycles. The Bertz CT molecular complexity index is 565. The number of thiophene rings is 1. The first-order valence-electron chi connectivity index (χ1n) is 6.19. The quantitative estimate of drug-likeness (QED) is 0.856. The Morgan fingerprint density at radius 3 is 3.00 bits per heavy atom. The second-order valence-electron chi connectivity index (χ2n) is 4.84. The smallest absolute Gasteiger partial charge is 0.129 e. The van der Waals surface area contributed by atoms with E-state index < -0.39 is 0 Å². The van der Waals surface area contributed by atoms with Crippen molar-refractivity contribution in [3.63, 3.8) is 0 Å². The summed E-state index contributed by atoms with van der Waals surface area (Å²) in [6, 6.07) is 4.34. The molecule has 0 spiro atoms. The lowest BCUT2D eigenvalue weighted by atomic mass is 10.1. The Morgan fingerprint density at radius 2 is 2.22 bits per heavy atom. The summed E-state index contributed by atoms with van der Waals surface area (Å²) >= 11 is 1.84. The van der Waals surface area contributed by atoms with Gasteiger partial charge in [0.1, 0.15) is 5.82 Å². The maximum atomic E-state index is 5.96. The van der Waals surface area contributed by atoms with Crippen molar-refractivity contribution in [2.75, 3.05) is 17.2 Å². The molecule has 1 aliphatic rings. The van der Waals surface area contributed by atoms with Crippen molar-refractivity contribution < 1.29 is 0 Å². The highest BCUT2D eigenvalue weighted by molar-refractivity contribution is 7.10. The van der Waals surface area contributed by atoms with Gasteiger partial charge < -0.3 is 10.6 Å². The van der Waals surface area contributed by atoms with Crippen LogP contribution >= 0.6 is 11.3 Å². The molecule has 2 N–H and O–H groups in total. The normalized spacial score (nSPS) is 14.7. The predicted octanol–water partition coefficient (Wildman–Crippen LogP) is 2.90. The number of anilines is 2. The van der Waals surface area contributed by atoms with Gasteiger partial charge in [0.25, 0.3) is 0 Å². The second kappa shape index (κ2) is 4.28. The van der Waals surface area contributed by atoms with Crippen LogP contribution in [-0.4, -0.2) is 11.5 Å². The molecular weight excluding hydrogens is 242 g/mol. The average Bonchev–Trinajstić information content (AvgIpc) is 2.82. The van der Waals surface area contributed by atoms with Gasteiger partial charge >= 0.3 is 0 Å². The van der Waals surface area contributed by atoms with Crippen LogP contribution in [0.4, 0.5) is 11.5 Å². The minimum Gasteiger partial charge on any atom is -0.397 e. The fourth-order valence-electron chi connectivity index (χ4n) is 2.41. The summed E-state index contributed by atoms with van der Waals surface area (Å²) in [5, 5.41) is 2.18. The summed E-state index contributed by atoms with van der Waals surface area (Å²) in [7, 11) is 0. The molecule has 0 bridgehead atoms. The summed E-state index contributed by atoms with van der Waals surface area (Å²) in [5.74, 6) is 1.05. The van der Waals surface area contributed by atoms with Gasteiger partial charge in [0.2, 0.25) is 0 Å². The molecule has 0 atom stereocenters. The third-order valence-corrected chi connectivity index (χ3v) is 4.54. The maximum absolute atomic E-state index is 5.96. The zero-order valence-electron chi connectivity index (χ0n) is 10.7. The van der Waals surface area contributed by atoms with Gasteiger partial charge in [0.15, 0.2) is 0 Å². The van der Waals surface area contributed by atoms with E-state index in [1.54, 1.807) is 0 Å². The molecule has 0 amide bonds. The van der Waals surface area contributed by atoms with Crippen LogP contribution < -0.4 is 10.6 Å². The van der Waals surface area contributed by atoms with Gasteiger partial charge in [-0.15, -0.1) is 11.3 Å². The summed E-state index contributed by atoms with van der Waals surface area (Å²) in [6.45, 7) is 6.04. The monoisotopic (exact) mass is 259 g/mol. The van der Waals surface area contributed by atoms with E-state index in [1.165, 1.54) is 10.4 Å². The summed E-state index contributed by atoms with van der Waals surface area (Å²) < 4.78 is 0. The van der Waals surface area contributed by atoms with Crippen molar-refractivity contribution in [1.29, 1.82) is 0 Å². The molecule has 0 fully saturated rings. The van der Waals surface area contributed by atoms with E-state index in [0.717, 1.165) is 42.3 Å². The van der Waals surface area contributed by atoms with Gasteiger partial charge in [-0.3, -0.25) is 0 Å². The lowest BCUT2D eigenvalue weighted by Crippen LogP contribution is -2.30. The van der Waals surface area contributed by atoms with Crippen LogP contribution in [0.1, 0.15) is 21.7 Å². The Morgan fingerprint density at radius 1 is 1.39 bits per heavy atom. The zero-order valence-corrected chi connectivity index (χ0v) is 11.5. The van der Waals surface area contributed by atoms with Crippen LogP contribution in [-0.2, 0) is 13.0 Å². The number of pyridine rings is 1. The van der Waals surface area contributed by atoms with Crippen LogP contribution in [0.2, 0.25) is 0 Å². The number of aryl methyl sites for hydroxylation is 2. The maximum Gasteiger partial charge on any atom is 0.129 e. The van der Waals surface area contributed by atoms with Crippen LogP contribution in [0.5, 0.6) is 0 Å². The van der Waals surface area contributed by atoms with Crippen LogP contribution in [0.3, 0.4) is 0 Å². The van der Waals surface area contributed by atoms with E-state index >= 15 is 0 Å². The van der Waals surface area contributed by atoms with Gasteiger partial charge in [-0.1, -0.05) is 0 Å². The first kappa shape index (κ1) is 11.5. The first-order chi connectivity index (χ1) is 8.65. The number of rotatable bonds is 1. The molecule has 3 nitrogen and oxygen atoms in total. The fourth-order valence-corrected chi connectivity index (χ4v) is 3.36. The van der Waals surface area contributed by atoms with Crippen LogP contribution in [0, 0.1) is 13.8 Å². The molecule has 3 rings (SSSR count). The molecule has 0 aliphatic carbocycles. The van der Waals surface area contributed by atoms with Gasteiger partial charge in [-0.05, 0) is 48.9 Å². The highest BCUT2D eigenvalue weighted by Crippen LogP contribution is 2.28. The standard InChI is InChI=1S/C14H17N3S/c1-9-7-13(16-10(2)14(9)15)17-5-3-11-4-6-18-12(11)8-17/h4,6-7H,3,5,8,15H2,1-2H3. The first-order valence-corrected chi connectivity index (χ1v) is 7.07. The number of nitrogens with zero attached hydrogens (tertiary/aromatic N) is 2. The Kier molecular flexibility index (Phi) is 2.74. The molecule has 0 saturated heterocycles. The Balaban J connectivity index is 1.93. The number of hydrogen-bond donors (Lipinski definition) is 1. The van der Waals surface area contributed by atoms with E-state index in [9.17, 15) is 0 Å². The predicted molar refractivity (Wildman–Crippen MR) is 77.2 cm³/mol. The summed E-state index contributed by atoms with van der Waals surface area (Å²) in [4.78, 5) is 8.43. The van der Waals surface area contributed by atoms with E-state index in [1.807, 2.05) is 25.2 Å².